The van der Waals surface area contributed by atoms with Crippen LogP contribution in [-0.4, -0.2) is 28.2 Å². The summed E-state index contributed by atoms with van der Waals surface area (Å²) in [5.74, 6) is -0.330. The van der Waals surface area contributed by atoms with E-state index < -0.39 is 5.97 Å². The number of carbonyl (C=O) groups is 1. The highest BCUT2D eigenvalue weighted by Gasteiger charge is 2.21. The van der Waals surface area contributed by atoms with Crippen LogP contribution >= 0.6 is 0 Å². The lowest BCUT2D eigenvalue weighted by Gasteiger charge is -2.09. The summed E-state index contributed by atoms with van der Waals surface area (Å²) in [7, 11) is 1.53. The van der Waals surface area contributed by atoms with E-state index in [2.05, 4.69) is 9.97 Å². The van der Waals surface area contributed by atoms with Crippen molar-refractivity contribution in [1.29, 1.82) is 0 Å². The van der Waals surface area contributed by atoms with Crippen molar-refractivity contribution in [2.45, 2.75) is 19.8 Å². The molecular weight excluding hydrogens is 244 g/mol. The fourth-order valence-corrected chi connectivity index (χ4v) is 2.01. The topological polar surface area (TPSA) is 75.2 Å². The highest BCUT2D eigenvalue weighted by Crippen LogP contribution is 2.31. The number of nitrogens with zero attached hydrogens (tertiary/aromatic N) is 1. The fraction of sp³-hybridized carbons (Fsp3) is 0.286. The third kappa shape index (κ3) is 2.45. The van der Waals surface area contributed by atoms with Crippen LogP contribution in [0, 0.1) is 0 Å². The molecule has 0 saturated carbocycles. The zero-order valence-corrected chi connectivity index (χ0v) is 11.1. The maximum Gasteiger partial charge on any atom is 0.337 e. The molecule has 0 saturated heterocycles. The second-order valence-corrected chi connectivity index (χ2v) is 4.52. The van der Waals surface area contributed by atoms with Crippen molar-refractivity contribution in [2.24, 2.45) is 0 Å². The number of carboxylic acids is 1. The largest absolute Gasteiger partial charge is 0.481 e. The van der Waals surface area contributed by atoms with Crippen LogP contribution in [0.5, 0.6) is 5.88 Å². The summed E-state index contributed by atoms with van der Waals surface area (Å²) >= 11 is 0. The molecule has 0 unspecified atom stereocenters. The zero-order chi connectivity index (χ0) is 14.0. The summed E-state index contributed by atoms with van der Waals surface area (Å²) in [6.07, 6.45) is 1.51. The minimum absolute atomic E-state index is 0.177. The normalized spacial score (nSPS) is 10.7. The molecule has 2 rings (SSSR count). The number of hydrogen-bond donors (Lipinski definition) is 2. The first-order valence-electron chi connectivity index (χ1n) is 6.00. The minimum atomic E-state index is -0.970. The van der Waals surface area contributed by atoms with E-state index in [0.717, 1.165) is 5.69 Å². The number of hydrogen-bond acceptors (Lipinski definition) is 3. The quantitative estimate of drug-likeness (QED) is 0.886. The van der Waals surface area contributed by atoms with Crippen molar-refractivity contribution in [1.82, 2.24) is 9.97 Å². The Bertz CT molecular complexity index is 602. The van der Waals surface area contributed by atoms with Gasteiger partial charge < -0.3 is 14.8 Å². The van der Waals surface area contributed by atoms with Crippen molar-refractivity contribution in [3.8, 4) is 17.1 Å². The van der Waals surface area contributed by atoms with Gasteiger partial charge in [-0.2, -0.15) is 0 Å². The first-order valence-corrected chi connectivity index (χ1v) is 6.00. The first kappa shape index (κ1) is 13.1. The summed E-state index contributed by atoms with van der Waals surface area (Å²) in [5, 5.41) is 9.27. The molecule has 2 aromatic rings. The average Bonchev–Trinajstić information content (AvgIpc) is 2.83. The standard InChI is InChI=1S/C14H16N2O3/c1-8(2)13-12(9(7-15-13)14(17)18)10-5-4-6-11(16-10)19-3/h4-8,15H,1-3H3,(H,17,18). The molecule has 0 atom stereocenters. The number of rotatable bonds is 4. The second kappa shape index (κ2) is 5.14. The number of aromatic nitrogens is 2. The molecule has 2 N–H and O–H groups in total. The molecule has 0 bridgehead atoms. The van der Waals surface area contributed by atoms with Gasteiger partial charge in [-0.15, -0.1) is 0 Å². The maximum absolute atomic E-state index is 11.3. The number of aromatic carboxylic acids is 1. The van der Waals surface area contributed by atoms with Crippen LogP contribution in [0.15, 0.2) is 24.4 Å². The third-order valence-electron chi connectivity index (χ3n) is 2.91. The molecule has 0 aliphatic heterocycles. The van der Waals surface area contributed by atoms with Gasteiger partial charge in [0.05, 0.1) is 18.4 Å². The summed E-state index contributed by atoms with van der Waals surface area (Å²) in [5.41, 5.74) is 2.31. The van der Waals surface area contributed by atoms with Gasteiger partial charge in [0.2, 0.25) is 5.88 Å². The summed E-state index contributed by atoms with van der Waals surface area (Å²) < 4.78 is 5.08. The predicted molar refractivity (Wildman–Crippen MR) is 71.6 cm³/mol. The molecule has 2 heterocycles. The number of aromatic amines is 1. The van der Waals surface area contributed by atoms with Crippen LogP contribution in [0.25, 0.3) is 11.3 Å². The molecule has 0 aliphatic rings. The van der Waals surface area contributed by atoms with Crippen LogP contribution in [0.2, 0.25) is 0 Å². The molecular formula is C14H16N2O3. The van der Waals surface area contributed by atoms with Gasteiger partial charge in [0, 0.05) is 23.5 Å². The van der Waals surface area contributed by atoms with Gasteiger partial charge in [0.1, 0.15) is 0 Å². The Balaban J connectivity index is 2.64. The van der Waals surface area contributed by atoms with E-state index in [-0.39, 0.29) is 11.5 Å². The maximum atomic E-state index is 11.3. The predicted octanol–water partition coefficient (Wildman–Crippen LogP) is 2.91. The first-order chi connectivity index (χ1) is 9.04. The number of carboxylic acid groups (broad SMARTS) is 1. The monoisotopic (exact) mass is 260 g/mol. The Kier molecular flexibility index (Phi) is 3.55. The van der Waals surface area contributed by atoms with Gasteiger partial charge in [-0.05, 0) is 12.0 Å². The van der Waals surface area contributed by atoms with Gasteiger partial charge in [-0.1, -0.05) is 19.9 Å². The number of nitrogens with one attached hydrogen (secondary N) is 1. The van der Waals surface area contributed by atoms with E-state index >= 15 is 0 Å². The summed E-state index contributed by atoms with van der Waals surface area (Å²) in [6.45, 7) is 4.00. The van der Waals surface area contributed by atoms with Crippen molar-refractivity contribution in [3.05, 3.63) is 35.7 Å². The Hall–Kier alpha value is -2.30. The van der Waals surface area contributed by atoms with Crippen molar-refractivity contribution in [2.75, 3.05) is 7.11 Å². The number of pyridine rings is 1. The van der Waals surface area contributed by atoms with E-state index in [1.165, 1.54) is 13.3 Å². The smallest absolute Gasteiger partial charge is 0.337 e. The molecule has 100 valence electrons. The molecule has 5 nitrogen and oxygen atoms in total. The third-order valence-corrected chi connectivity index (χ3v) is 2.91. The Labute approximate surface area is 111 Å². The summed E-state index contributed by atoms with van der Waals surface area (Å²) in [6, 6.07) is 5.31. The van der Waals surface area contributed by atoms with Gasteiger partial charge in [0.15, 0.2) is 0 Å². The number of methoxy groups -OCH3 is 1. The number of H-pyrrole nitrogens is 1. The van der Waals surface area contributed by atoms with E-state index in [1.54, 1.807) is 18.2 Å². The van der Waals surface area contributed by atoms with Crippen LogP contribution in [0.3, 0.4) is 0 Å². The molecule has 0 aromatic carbocycles. The molecule has 19 heavy (non-hydrogen) atoms. The van der Waals surface area contributed by atoms with E-state index in [9.17, 15) is 9.90 Å². The molecule has 0 fully saturated rings. The van der Waals surface area contributed by atoms with Crippen LogP contribution < -0.4 is 4.74 Å². The highest BCUT2D eigenvalue weighted by atomic mass is 16.5. The number of ether oxygens (including phenoxy) is 1. The van der Waals surface area contributed by atoms with Crippen LogP contribution in [0.4, 0.5) is 0 Å². The van der Waals surface area contributed by atoms with Crippen LogP contribution in [-0.2, 0) is 0 Å². The SMILES string of the molecule is COc1cccc(-c2c(C(=O)O)c[nH]c2C(C)C)n1. The van der Waals surface area contributed by atoms with Crippen molar-refractivity contribution >= 4 is 5.97 Å². The summed E-state index contributed by atoms with van der Waals surface area (Å²) in [4.78, 5) is 18.7. The molecule has 2 aromatic heterocycles. The van der Waals surface area contributed by atoms with E-state index in [0.29, 0.717) is 17.1 Å². The molecule has 0 spiro atoms. The molecule has 0 amide bonds. The second-order valence-electron chi connectivity index (χ2n) is 4.52. The van der Waals surface area contributed by atoms with Crippen molar-refractivity contribution < 1.29 is 14.6 Å². The van der Waals surface area contributed by atoms with Crippen molar-refractivity contribution in [3.63, 3.8) is 0 Å². The van der Waals surface area contributed by atoms with E-state index in [4.69, 9.17) is 4.74 Å². The van der Waals surface area contributed by atoms with Gasteiger partial charge in [-0.25, -0.2) is 9.78 Å². The lowest BCUT2D eigenvalue weighted by Crippen LogP contribution is -2.00. The highest BCUT2D eigenvalue weighted by molar-refractivity contribution is 5.96. The molecule has 0 aliphatic carbocycles. The van der Waals surface area contributed by atoms with Crippen LogP contribution in [0.1, 0.15) is 35.8 Å². The average molecular weight is 260 g/mol. The zero-order valence-electron chi connectivity index (χ0n) is 11.1. The van der Waals surface area contributed by atoms with E-state index in [1.807, 2.05) is 13.8 Å². The minimum Gasteiger partial charge on any atom is -0.481 e. The Morgan fingerprint density at radius 2 is 2.16 bits per heavy atom. The van der Waals surface area contributed by atoms with Gasteiger partial charge in [-0.3, -0.25) is 0 Å². The lowest BCUT2D eigenvalue weighted by atomic mass is 10.00. The Morgan fingerprint density at radius 1 is 1.42 bits per heavy atom. The molecule has 5 heteroatoms. The van der Waals surface area contributed by atoms with Gasteiger partial charge >= 0.3 is 5.97 Å². The lowest BCUT2D eigenvalue weighted by molar-refractivity contribution is 0.0698. The molecule has 0 radical (unpaired) electrons. The van der Waals surface area contributed by atoms with Gasteiger partial charge in [0.25, 0.3) is 0 Å². The Morgan fingerprint density at radius 3 is 2.74 bits per heavy atom. The fourth-order valence-electron chi connectivity index (χ4n) is 2.01.